The highest BCUT2D eigenvalue weighted by Crippen LogP contribution is 2.42. The Morgan fingerprint density at radius 2 is 0.900 bits per heavy atom. The first-order valence-electron chi connectivity index (χ1n) is 6.23. The smallest absolute Gasteiger partial charge is 0.0561 e. The third kappa shape index (κ3) is 4.19. The molecule has 0 amide bonds. The third-order valence-electron chi connectivity index (χ3n) is 3.16. The van der Waals surface area contributed by atoms with Crippen LogP contribution in [0.1, 0.15) is 31.9 Å². The summed E-state index contributed by atoms with van der Waals surface area (Å²) in [5.41, 5.74) is 5.14. The maximum Gasteiger partial charge on any atom is 0.0561 e. The normalized spacial score (nSPS) is 14.0. The summed E-state index contributed by atoms with van der Waals surface area (Å²) in [5.74, 6) is 0. The Morgan fingerprint density at radius 1 is 0.600 bits per heavy atom. The van der Waals surface area contributed by atoms with Crippen molar-refractivity contribution in [2.24, 2.45) is 0 Å². The minimum atomic E-state index is 0.252. The summed E-state index contributed by atoms with van der Waals surface area (Å²) in [6.45, 7) is 0. The highest BCUT2D eigenvalue weighted by Gasteiger charge is 2.19. The summed E-state index contributed by atoms with van der Waals surface area (Å²) in [6.07, 6.45) is 0. The molecule has 0 aromatic heterocycles. The lowest BCUT2D eigenvalue weighted by Gasteiger charge is -2.18. The second-order valence-corrected chi connectivity index (χ2v) is 7.65. The number of benzene rings is 2. The van der Waals surface area contributed by atoms with E-state index in [-0.39, 0.29) is 9.65 Å². The fraction of sp³-hybridized carbons (Fsp3) is 0.250. The highest BCUT2D eigenvalue weighted by molar-refractivity contribution is 9.12. The number of rotatable bonds is 5. The van der Waals surface area contributed by atoms with Gasteiger partial charge in [0.15, 0.2) is 0 Å². The molecule has 0 N–H and O–H groups in total. The highest BCUT2D eigenvalue weighted by atomic mass is 79.9. The lowest BCUT2D eigenvalue weighted by Crippen LogP contribution is -1.99. The molecule has 0 heterocycles. The van der Waals surface area contributed by atoms with Crippen LogP contribution in [-0.4, -0.2) is 0 Å². The van der Waals surface area contributed by atoms with E-state index in [2.05, 4.69) is 112 Å². The fourth-order valence-corrected chi connectivity index (χ4v) is 3.89. The Hall–Kier alpha value is 0.360. The average molecular weight is 526 g/mol. The van der Waals surface area contributed by atoms with Gasteiger partial charge in [0.1, 0.15) is 0 Å². The van der Waals surface area contributed by atoms with Crippen molar-refractivity contribution in [3.05, 3.63) is 70.8 Å². The third-order valence-corrected chi connectivity index (χ3v) is 7.28. The fourth-order valence-electron chi connectivity index (χ4n) is 1.92. The van der Waals surface area contributed by atoms with Crippen molar-refractivity contribution in [1.29, 1.82) is 0 Å². The topological polar surface area (TPSA) is 0 Å². The van der Waals surface area contributed by atoms with Gasteiger partial charge >= 0.3 is 0 Å². The minimum absolute atomic E-state index is 0.252. The average Bonchev–Trinajstić information content (AvgIpc) is 2.53. The molecule has 0 bridgehead atoms. The molecule has 0 saturated carbocycles. The van der Waals surface area contributed by atoms with E-state index >= 15 is 0 Å². The summed E-state index contributed by atoms with van der Waals surface area (Å²) >= 11 is 14.6. The minimum Gasteiger partial charge on any atom is -0.0876 e. The van der Waals surface area contributed by atoms with Crippen LogP contribution in [-0.2, 0) is 10.7 Å². The zero-order chi connectivity index (χ0) is 14.5. The molecule has 0 nitrogen and oxygen atoms in total. The maximum absolute atomic E-state index is 3.80. The van der Waals surface area contributed by atoms with Crippen molar-refractivity contribution in [2.45, 2.75) is 20.3 Å². The molecule has 0 aliphatic rings. The Labute approximate surface area is 153 Å². The Balaban J connectivity index is 2.15. The maximum atomic E-state index is 3.80. The molecule has 0 spiro atoms. The first-order chi connectivity index (χ1) is 9.65. The van der Waals surface area contributed by atoms with Gasteiger partial charge in [-0.05, 0) is 22.3 Å². The van der Waals surface area contributed by atoms with E-state index in [0.717, 1.165) is 10.7 Å². The SMILES string of the molecule is BrCc1ccc([C@@H](Br)[C@H](Br)c2ccc(CBr)cc2)cc1. The van der Waals surface area contributed by atoms with Gasteiger partial charge in [0.2, 0.25) is 0 Å². The van der Waals surface area contributed by atoms with Gasteiger partial charge in [-0.2, -0.15) is 0 Å². The molecule has 0 aliphatic carbocycles. The van der Waals surface area contributed by atoms with Gasteiger partial charge in [-0.3, -0.25) is 0 Å². The molecule has 0 unspecified atom stereocenters. The van der Waals surface area contributed by atoms with E-state index in [1.54, 1.807) is 0 Å². The van der Waals surface area contributed by atoms with Crippen LogP contribution in [0.2, 0.25) is 0 Å². The molecule has 0 aliphatic heterocycles. The van der Waals surface area contributed by atoms with Crippen LogP contribution in [0.15, 0.2) is 48.5 Å². The van der Waals surface area contributed by atoms with E-state index in [1.165, 1.54) is 22.3 Å². The van der Waals surface area contributed by atoms with Crippen LogP contribution in [0.25, 0.3) is 0 Å². The van der Waals surface area contributed by atoms with Crippen molar-refractivity contribution in [3.63, 3.8) is 0 Å². The molecular formula is C16H14Br4. The summed E-state index contributed by atoms with van der Waals surface area (Å²) in [5, 5.41) is 1.79. The van der Waals surface area contributed by atoms with E-state index < -0.39 is 0 Å². The van der Waals surface area contributed by atoms with Gasteiger partial charge < -0.3 is 0 Å². The second-order valence-electron chi connectivity index (χ2n) is 4.55. The molecule has 0 fully saturated rings. The van der Waals surface area contributed by atoms with E-state index in [4.69, 9.17) is 0 Å². The van der Waals surface area contributed by atoms with Crippen molar-refractivity contribution >= 4 is 63.7 Å². The van der Waals surface area contributed by atoms with Gasteiger partial charge in [0, 0.05) is 10.7 Å². The van der Waals surface area contributed by atoms with Crippen LogP contribution >= 0.6 is 63.7 Å². The van der Waals surface area contributed by atoms with E-state index in [9.17, 15) is 0 Å². The van der Waals surface area contributed by atoms with Crippen LogP contribution < -0.4 is 0 Å². The molecule has 20 heavy (non-hydrogen) atoms. The monoisotopic (exact) mass is 522 g/mol. The van der Waals surface area contributed by atoms with Crippen LogP contribution in [0.3, 0.4) is 0 Å². The Kier molecular flexibility index (Phi) is 6.79. The lowest BCUT2D eigenvalue weighted by molar-refractivity contribution is 0.936. The van der Waals surface area contributed by atoms with Gasteiger partial charge in [0.25, 0.3) is 0 Å². The Morgan fingerprint density at radius 3 is 1.15 bits per heavy atom. The van der Waals surface area contributed by atoms with E-state index in [0.29, 0.717) is 0 Å². The lowest BCUT2D eigenvalue weighted by atomic mass is 10.0. The van der Waals surface area contributed by atoms with E-state index in [1.807, 2.05) is 0 Å². The van der Waals surface area contributed by atoms with Crippen LogP contribution in [0.5, 0.6) is 0 Å². The largest absolute Gasteiger partial charge is 0.0876 e. The predicted octanol–water partition coefficient (Wildman–Crippen LogP) is 7.05. The summed E-state index contributed by atoms with van der Waals surface area (Å²) < 4.78 is 0. The summed E-state index contributed by atoms with van der Waals surface area (Å²) in [6, 6.07) is 17.3. The standard InChI is InChI=1S/C16H14Br4/c17-9-11-1-5-13(6-2-11)15(19)16(20)14-7-3-12(10-18)4-8-14/h1-8,15-16H,9-10H2/t15-,16-/m1/s1. The number of hydrogen-bond acceptors (Lipinski definition) is 0. The zero-order valence-electron chi connectivity index (χ0n) is 10.7. The molecule has 106 valence electrons. The van der Waals surface area contributed by atoms with Gasteiger partial charge in [0.05, 0.1) is 9.65 Å². The van der Waals surface area contributed by atoms with Crippen molar-refractivity contribution in [2.75, 3.05) is 0 Å². The molecule has 2 rings (SSSR count). The van der Waals surface area contributed by atoms with Crippen molar-refractivity contribution < 1.29 is 0 Å². The molecule has 0 saturated heterocycles. The van der Waals surface area contributed by atoms with Crippen LogP contribution in [0, 0.1) is 0 Å². The predicted molar refractivity (Wildman–Crippen MR) is 101 cm³/mol. The summed E-state index contributed by atoms with van der Waals surface area (Å²) in [7, 11) is 0. The van der Waals surface area contributed by atoms with Gasteiger partial charge in [-0.15, -0.1) is 0 Å². The first kappa shape index (κ1) is 16.7. The van der Waals surface area contributed by atoms with Gasteiger partial charge in [-0.1, -0.05) is 112 Å². The Bertz CT molecular complexity index is 482. The number of halogens is 4. The zero-order valence-corrected chi connectivity index (χ0v) is 17.0. The first-order valence-corrected chi connectivity index (χ1v) is 10.3. The van der Waals surface area contributed by atoms with Gasteiger partial charge in [-0.25, -0.2) is 0 Å². The van der Waals surface area contributed by atoms with Crippen molar-refractivity contribution in [1.82, 2.24) is 0 Å². The molecular weight excluding hydrogens is 512 g/mol. The number of hydrogen-bond donors (Lipinski definition) is 0. The molecule has 2 aromatic carbocycles. The quantitative estimate of drug-likeness (QED) is 0.367. The molecule has 2 atom stereocenters. The number of alkyl halides is 4. The van der Waals surface area contributed by atoms with Crippen molar-refractivity contribution in [3.8, 4) is 0 Å². The molecule has 4 heteroatoms. The second kappa shape index (κ2) is 8.11. The van der Waals surface area contributed by atoms with Crippen LogP contribution in [0.4, 0.5) is 0 Å². The molecule has 2 aromatic rings. The molecule has 0 radical (unpaired) electrons. The summed E-state index contributed by atoms with van der Waals surface area (Å²) in [4.78, 5) is 0.503.